The molecule has 4 heteroatoms. The fourth-order valence-electron chi connectivity index (χ4n) is 2.24. The first-order chi connectivity index (χ1) is 9.10. The largest absolute Gasteiger partial charge is 0.376 e. The highest BCUT2D eigenvalue weighted by Gasteiger charge is 2.32. The fraction of sp³-hybridized carbons (Fsp3) is 0.533. The van der Waals surface area contributed by atoms with Crippen LogP contribution in [0.15, 0.2) is 29.3 Å². The van der Waals surface area contributed by atoms with Crippen LogP contribution >= 0.6 is 11.8 Å². The molecular formula is C15H23N3S. The monoisotopic (exact) mass is 277 g/mol. The van der Waals surface area contributed by atoms with Gasteiger partial charge in [-0.3, -0.25) is 4.99 Å². The molecule has 0 aromatic heterocycles. The molecule has 0 unspecified atom stereocenters. The first-order valence-electron chi connectivity index (χ1n) is 6.86. The Morgan fingerprint density at radius 3 is 2.53 bits per heavy atom. The number of thioether (sulfide) groups is 1. The highest BCUT2D eigenvalue weighted by molar-refractivity contribution is 8.14. The van der Waals surface area contributed by atoms with E-state index in [4.69, 9.17) is 4.99 Å². The van der Waals surface area contributed by atoms with Gasteiger partial charge in [-0.05, 0) is 25.0 Å². The zero-order valence-corrected chi connectivity index (χ0v) is 13.0. The van der Waals surface area contributed by atoms with Crippen molar-refractivity contribution in [1.82, 2.24) is 0 Å². The Bertz CT molecular complexity index is 464. The molecule has 0 amide bonds. The number of hydrogen-bond acceptors (Lipinski definition) is 4. The number of aliphatic imine (C=N–C) groups is 1. The van der Waals surface area contributed by atoms with Crippen LogP contribution < -0.4 is 10.2 Å². The van der Waals surface area contributed by atoms with Crippen molar-refractivity contribution in [3.8, 4) is 0 Å². The zero-order chi connectivity index (χ0) is 13.9. The van der Waals surface area contributed by atoms with Crippen LogP contribution in [0.4, 0.5) is 11.4 Å². The van der Waals surface area contributed by atoms with E-state index in [1.54, 1.807) is 0 Å². The highest BCUT2D eigenvalue weighted by Crippen LogP contribution is 2.35. The van der Waals surface area contributed by atoms with Crippen molar-refractivity contribution < 1.29 is 0 Å². The summed E-state index contributed by atoms with van der Waals surface area (Å²) in [4.78, 5) is 7.02. The number of rotatable bonds is 4. The van der Waals surface area contributed by atoms with E-state index in [0.29, 0.717) is 0 Å². The van der Waals surface area contributed by atoms with Crippen LogP contribution in [0.2, 0.25) is 0 Å². The fourth-order valence-corrected chi connectivity index (χ4v) is 3.56. The lowest BCUT2D eigenvalue weighted by Gasteiger charge is -2.20. The predicted octanol–water partition coefficient (Wildman–Crippen LogP) is 3.83. The second-order valence-electron chi connectivity index (χ2n) is 5.17. The molecule has 0 bridgehead atoms. The molecular weight excluding hydrogens is 254 g/mol. The molecule has 0 saturated carbocycles. The predicted molar refractivity (Wildman–Crippen MR) is 87.6 cm³/mol. The van der Waals surface area contributed by atoms with Gasteiger partial charge in [-0.15, -0.1) is 0 Å². The normalized spacial score (nSPS) is 17.2. The van der Waals surface area contributed by atoms with Gasteiger partial charge >= 0.3 is 0 Å². The summed E-state index contributed by atoms with van der Waals surface area (Å²) in [5, 5.41) is 4.54. The Balaban J connectivity index is 2.19. The molecule has 1 aromatic carbocycles. The van der Waals surface area contributed by atoms with E-state index >= 15 is 0 Å². The maximum Gasteiger partial charge on any atom is 0.161 e. The van der Waals surface area contributed by atoms with E-state index in [0.717, 1.165) is 29.4 Å². The molecule has 0 fully saturated rings. The lowest BCUT2D eigenvalue weighted by Crippen LogP contribution is -2.24. The Morgan fingerprint density at radius 2 is 1.95 bits per heavy atom. The van der Waals surface area contributed by atoms with Crippen molar-refractivity contribution in [2.24, 2.45) is 4.99 Å². The van der Waals surface area contributed by atoms with E-state index in [9.17, 15) is 0 Å². The van der Waals surface area contributed by atoms with E-state index in [2.05, 4.69) is 62.4 Å². The average molecular weight is 277 g/mol. The molecule has 2 rings (SSSR count). The van der Waals surface area contributed by atoms with Gasteiger partial charge in [0.25, 0.3) is 0 Å². The minimum Gasteiger partial charge on any atom is -0.376 e. The molecule has 1 aliphatic rings. The number of anilines is 2. The molecule has 1 aromatic rings. The molecule has 0 atom stereocenters. The zero-order valence-electron chi connectivity index (χ0n) is 12.2. The summed E-state index contributed by atoms with van der Waals surface area (Å²) in [6.07, 6.45) is 2.22. The summed E-state index contributed by atoms with van der Waals surface area (Å²) in [5.41, 5.74) is 2.46. The van der Waals surface area contributed by atoms with Gasteiger partial charge in [0, 0.05) is 19.8 Å². The second kappa shape index (κ2) is 5.87. The molecule has 0 radical (unpaired) electrons. The Morgan fingerprint density at radius 1 is 1.26 bits per heavy atom. The number of hydrogen-bond donors (Lipinski definition) is 1. The van der Waals surface area contributed by atoms with Crippen LogP contribution in [0, 0.1) is 0 Å². The molecule has 3 nitrogen and oxygen atoms in total. The Hall–Kier alpha value is -1.16. The summed E-state index contributed by atoms with van der Waals surface area (Å²) in [5.74, 6) is 1.09. The maximum atomic E-state index is 4.90. The first kappa shape index (κ1) is 14.3. The van der Waals surface area contributed by atoms with Crippen LogP contribution in [0.1, 0.15) is 26.7 Å². The molecule has 0 spiro atoms. The number of amidine groups is 1. The summed E-state index contributed by atoms with van der Waals surface area (Å²) >= 11 is 1.83. The van der Waals surface area contributed by atoms with Crippen molar-refractivity contribution in [2.45, 2.75) is 32.2 Å². The standard InChI is InChI=1S/C15H23N3S/c1-5-15(6-2)11-19-14(17-15)16-12-9-7-8-10-13(12)18(3)4/h7-10H,5-6,11H2,1-4H3,(H,16,17). The van der Waals surface area contributed by atoms with E-state index in [1.165, 1.54) is 5.69 Å². The quantitative estimate of drug-likeness (QED) is 0.906. The van der Waals surface area contributed by atoms with Gasteiger partial charge in [0.2, 0.25) is 0 Å². The van der Waals surface area contributed by atoms with Crippen LogP contribution in [0.5, 0.6) is 0 Å². The van der Waals surface area contributed by atoms with Crippen LogP contribution in [0.3, 0.4) is 0 Å². The van der Waals surface area contributed by atoms with Gasteiger partial charge in [0.15, 0.2) is 5.17 Å². The summed E-state index contributed by atoms with van der Waals surface area (Å²) in [6, 6.07) is 8.35. The Labute approximate surface area is 120 Å². The molecule has 1 N–H and O–H groups in total. The van der Waals surface area contributed by atoms with Crippen LogP contribution in [0.25, 0.3) is 0 Å². The van der Waals surface area contributed by atoms with Gasteiger partial charge in [-0.1, -0.05) is 37.7 Å². The lowest BCUT2D eigenvalue weighted by molar-refractivity contribution is 0.456. The Kier molecular flexibility index (Phi) is 4.40. The molecule has 0 aliphatic carbocycles. The van der Waals surface area contributed by atoms with E-state index in [-0.39, 0.29) is 5.54 Å². The van der Waals surface area contributed by atoms with Gasteiger partial charge in [-0.25, -0.2) is 0 Å². The molecule has 1 aliphatic heterocycles. The lowest BCUT2D eigenvalue weighted by atomic mass is 9.97. The van der Waals surface area contributed by atoms with Crippen LogP contribution in [-0.4, -0.2) is 30.6 Å². The minimum atomic E-state index is 0.139. The average Bonchev–Trinajstić information content (AvgIpc) is 2.83. The third-order valence-corrected chi connectivity index (χ3v) is 4.91. The third-order valence-electron chi connectivity index (χ3n) is 3.76. The van der Waals surface area contributed by atoms with Crippen molar-refractivity contribution in [1.29, 1.82) is 0 Å². The number of benzene rings is 1. The van der Waals surface area contributed by atoms with Crippen molar-refractivity contribution >= 4 is 28.3 Å². The molecule has 19 heavy (non-hydrogen) atoms. The SMILES string of the molecule is CCC1(CC)CSC(Nc2ccccc2N(C)C)=N1. The first-order valence-corrected chi connectivity index (χ1v) is 7.85. The maximum absolute atomic E-state index is 4.90. The van der Waals surface area contributed by atoms with Gasteiger partial charge in [0.1, 0.15) is 0 Å². The van der Waals surface area contributed by atoms with Crippen LogP contribution in [-0.2, 0) is 0 Å². The number of nitrogens with zero attached hydrogens (tertiary/aromatic N) is 2. The molecule has 1 heterocycles. The van der Waals surface area contributed by atoms with Crippen molar-refractivity contribution in [2.75, 3.05) is 30.1 Å². The second-order valence-corrected chi connectivity index (χ2v) is 6.14. The van der Waals surface area contributed by atoms with Crippen molar-refractivity contribution in [3.63, 3.8) is 0 Å². The number of nitrogens with one attached hydrogen (secondary N) is 1. The summed E-state index contributed by atoms with van der Waals surface area (Å²) < 4.78 is 0. The van der Waals surface area contributed by atoms with E-state index < -0.39 is 0 Å². The van der Waals surface area contributed by atoms with Crippen molar-refractivity contribution in [3.05, 3.63) is 24.3 Å². The smallest absolute Gasteiger partial charge is 0.161 e. The van der Waals surface area contributed by atoms with E-state index in [1.807, 2.05) is 11.8 Å². The van der Waals surface area contributed by atoms with Gasteiger partial charge in [-0.2, -0.15) is 0 Å². The summed E-state index contributed by atoms with van der Waals surface area (Å²) in [7, 11) is 4.12. The highest BCUT2D eigenvalue weighted by atomic mass is 32.2. The molecule has 0 saturated heterocycles. The summed E-state index contributed by atoms with van der Waals surface area (Å²) in [6.45, 7) is 4.45. The third kappa shape index (κ3) is 3.06. The topological polar surface area (TPSA) is 27.6 Å². The van der Waals surface area contributed by atoms with Gasteiger partial charge < -0.3 is 10.2 Å². The molecule has 104 valence electrons. The minimum absolute atomic E-state index is 0.139. The van der Waals surface area contributed by atoms with Gasteiger partial charge in [0.05, 0.1) is 16.9 Å². The number of para-hydroxylation sites is 2.